The molecule has 0 N–H and O–H groups in total. The molecular formula is C19H15BrN4O3S. The van der Waals surface area contributed by atoms with Crippen molar-refractivity contribution in [3.63, 3.8) is 0 Å². The maximum Gasteiger partial charge on any atom is 0.332 e. The molecule has 0 aliphatic carbocycles. The van der Waals surface area contributed by atoms with Crippen LogP contribution in [0.4, 0.5) is 0 Å². The number of halogens is 1. The van der Waals surface area contributed by atoms with E-state index in [9.17, 15) is 9.59 Å². The largest absolute Gasteiger partial charge is 0.461 e. The Morgan fingerprint density at radius 1 is 1.07 bits per heavy atom. The van der Waals surface area contributed by atoms with Gasteiger partial charge in [0.25, 0.3) is 5.56 Å². The predicted octanol–water partition coefficient (Wildman–Crippen LogP) is 3.34. The third-order valence-electron chi connectivity index (χ3n) is 4.30. The summed E-state index contributed by atoms with van der Waals surface area (Å²) in [7, 11) is 3.04. The minimum Gasteiger partial charge on any atom is -0.461 e. The fourth-order valence-corrected chi connectivity index (χ4v) is 4.02. The molecule has 0 saturated carbocycles. The molecule has 0 atom stereocenters. The van der Waals surface area contributed by atoms with Crippen molar-refractivity contribution in [1.82, 2.24) is 19.1 Å². The topological polar surface area (TPSA) is 82.9 Å². The minimum absolute atomic E-state index is 0.285. The number of hydrogen-bond acceptors (Lipinski definition) is 6. The first-order chi connectivity index (χ1) is 13.5. The molecule has 0 fully saturated rings. The molecule has 0 aliphatic heterocycles. The van der Waals surface area contributed by atoms with Gasteiger partial charge in [-0.25, -0.2) is 14.8 Å². The van der Waals surface area contributed by atoms with Gasteiger partial charge in [-0.3, -0.25) is 13.9 Å². The van der Waals surface area contributed by atoms with Crippen molar-refractivity contribution in [1.29, 1.82) is 0 Å². The molecular weight excluding hydrogens is 444 g/mol. The first-order valence-electron chi connectivity index (χ1n) is 8.34. The van der Waals surface area contributed by atoms with Crippen molar-refractivity contribution in [3.05, 3.63) is 73.5 Å². The number of furan rings is 1. The van der Waals surface area contributed by atoms with Crippen LogP contribution in [0.3, 0.4) is 0 Å². The monoisotopic (exact) mass is 458 g/mol. The highest BCUT2D eigenvalue weighted by Gasteiger charge is 2.19. The third-order valence-corrected chi connectivity index (χ3v) is 5.87. The number of hydrogen-bond donors (Lipinski definition) is 0. The van der Waals surface area contributed by atoms with E-state index >= 15 is 0 Å². The fourth-order valence-electron chi connectivity index (χ4n) is 2.78. The van der Waals surface area contributed by atoms with Gasteiger partial charge in [0.2, 0.25) is 0 Å². The van der Waals surface area contributed by atoms with E-state index in [4.69, 9.17) is 4.42 Å². The Kier molecular flexibility index (Phi) is 4.94. The van der Waals surface area contributed by atoms with Crippen LogP contribution >= 0.6 is 27.7 Å². The summed E-state index contributed by atoms with van der Waals surface area (Å²) >= 11 is 4.84. The number of aryl methyl sites for hydroxylation is 1. The van der Waals surface area contributed by atoms with Crippen molar-refractivity contribution >= 4 is 38.7 Å². The molecule has 4 aromatic rings. The van der Waals surface area contributed by atoms with Crippen LogP contribution in [0.1, 0.15) is 5.56 Å². The number of nitrogens with zero attached hydrogens (tertiary/aromatic N) is 4. The molecule has 0 aliphatic rings. The van der Waals surface area contributed by atoms with Crippen molar-refractivity contribution < 1.29 is 4.42 Å². The highest BCUT2D eigenvalue weighted by Crippen LogP contribution is 2.28. The van der Waals surface area contributed by atoms with Crippen LogP contribution in [-0.4, -0.2) is 19.1 Å². The van der Waals surface area contributed by atoms with Crippen molar-refractivity contribution in [2.45, 2.75) is 10.8 Å². The van der Waals surface area contributed by atoms with Crippen molar-refractivity contribution in [3.8, 4) is 11.6 Å². The Morgan fingerprint density at radius 2 is 1.82 bits per heavy atom. The SMILES string of the molecule is Cn1c(=O)c2c(SCc3ccc(Br)cc3)nc(-c3ccco3)nc2n(C)c1=O. The molecule has 0 amide bonds. The smallest absolute Gasteiger partial charge is 0.332 e. The summed E-state index contributed by atoms with van der Waals surface area (Å²) in [5.41, 5.74) is 0.516. The van der Waals surface area contributed by atoms with Gasteiger partial charge in [-0.2, -0.15) is 0 Å². The van der Waals surface area contributed by atoms with Gasteiger partial charge in [0.05, 0.1) is 6.26 Å². The summed E-state index contributed by atoms with van der Waals surface area (Å²) in [6.45, 7) is 0. The maximum absolute atomic E-state index is 12.8. The Hall–Kier alpha value is -2.65. The van der Waals surface area contributed by atoms with Crippen molar-refractivity contribution in [2.24, 2.45) is 14.1 Å². The zero-order valence-electron chi connectivity index (χ0n) is 15.0. The Morgan fingerprint density at radius 3 is 2.50 bits per heavy atom. The lowest BCUT2D eigenvalue weighted by Crippen LogP contribution is -2.37. The third kappa shape index (κ3) is 3.31. The lowest BCUT2D eigenvalue weighted by Gasteiger charge is -2.11. The van der Waals surface area contributed by atoms with Crippen LogP contribution in [-0.2, 0) is 19.8 Å². The van der Waals surface area contributed by atoms with Crippen LogP contribution < -0.4 is 11.2 Å². The van der Waals surface area contributed by atoms with Gasteiger partial charge in [-0.05, 0) is 29.8 Å². The van der Waals surface area contributed by atoms with E-state index in [2.05, 4.69) is 25.9 Å². The number of benzene rings is 1. The molecule has 3 aromatic heterocycles. The zero-order valence-corrected chi connectivity index (χ0v) is 17.5. The van der Waals surface area contributed by atoms with E-state index in [1.165, 1.54) is 29.6 Å². The quantitative estimate of drug-likeness (QED) is 0.344. The number of rotatable bonds is 4. The number of fused-ring (bicyclic) bond motifs is 1. The summed E-state index contributed by atoms with van der Waals surface area (Å²) < 4.78 is 8.84. The standard InChI is InChI=1S/C19H15BrN4O3S/c1-23-16-14(18(25)24(2)19(23)26)17(22-15(21-16)13-4-3-9-27-13)28-10-11-5-7-12(20)8-6-11/h3-9H,10H2,1-2H3. The molecule has 0 radical (unpaired) electrons. The van der Waals surface area contributed by atoms with Crippen LogP contribution in [0.2, 0.25) is 0 Å². The molecule has 0 spiro atoms. The van der Waals surface area contributed by atoms with E-state index in [1.54, 1.807) is 19.2 Å². The highest BCUT2D eigenvalue weighted by molar-refractivity contribution is 9.10. The Balaban J connectivity index is 1.90. The van der Waals surface area contributed by atoms with Gasteiger partial charge in [0, 0.05) is 24.3 Å². The second kappa shape index (κ2) is 7.40. The average Bonchev–Trinajstić information content (AvgIpc) is 3.24. The zero-order chi connectivity index (χ0) is 19.8. The second-order valence-corrected chi connectivity index (χ2v) is 8.03. The second-order valence-electron chi connectivity index (χ2n) is 6.15. The van der Waals surface area contributed by atoms with E-state index in [0.29, 0.717) is 27.7 Å². The van der Waals surface area contributed by atoms with Crippen molar-refractivity contribution in [2.75, 3.05) is 0 Å². The van der Waals surface area contributed by atoms with E-state index in [1.807, 2.05) is 24.3 Å². The summed E-state index contributed by atoms with van der Waals surface area (Å²) in [4.78, 5) is 34.2. The molecule has 0 bridgehead atoms. The summed E-state index contributed by atoms with van der Waals surface area (Å²) in [5, 5.41) is 0.831. The number of thioether (sulfide) groups is 1. The number of aromatic nitrogens is 4. The predicted molar refractivity (Wildman–Crippen MR) is 111 cm³/mol. The fraction of sp³-hybridized carbons (Fsp3) is 0.158. The van der Waals surface area contributed by atoms with Crippen LogP contribution in [0.15, 0.2) is 66.2 Å². The van der Waals surface area contributed by atoms with Gasteiger partial charge in [0.1, 0.15) is 10.4 Å². The van der Waals surface area contributed by atoms with Gasteiger partial charge in [-0.1, -0.05) is 28.1 Å². The molecule has 142 valence electrons. The molecule has 1 aromatic carbocycles. The summed E-state index contributed by atoms with van der Waals surface area (Å²) in [5.74, 6) is 1.42. The summed E-state index contributed by atoms with van der Waals surface area (Å²) in [6, 6.07) is 11.4. The van der Waals surface area contributed by atoms with E-state index in [-0.39, 0.29) is 5.65 Å². The lowest BCUT2D eigenvalue weighted by molar-refractivity contribution is 0.576. The van der Waals surface area contributed by atoms with Gasteiger partial charge >= 0.3 is 5.69 Å². The molecule has 3 heterocycles. The first-order valence-corrected chi connectivity index (χ1v) is 10.1. The highest BCUT2D eigenvalue weighted by atomic mass is 79.9. The first kappa shape index (κ1) is 18.7. The van der Waals surface area contributed by atoms with E-state index < -0.39 is 11.2 Å². The lowest BCUT2D eigenvalue weighted by atomic mass is 10.2. The summed E-state index contributed by atoms with van der Waals surface area (Å²) in [6.07, 6.45) is 1.53. The van der Waals surface area contributed by atoms with Gasteiger partial charge in [0.15, 0.2) is 17.2 Å². The van der Waals surface area contributed by atoms with Gasteiger partial charge in [-0.15, -0.1) is 11.8 Å². The maximum atomic E-state index is 12.8. The molecule has 28 heavy (non-hydrogen) atoms. The molecule has 9 heteroatoms. The normalized spacial score (nSPS) is 11.2. The molecule has 0 saturated heterocycles. The van der Waals surface area contributed by atoms with Gasteiger partial charge < -0.3 is 4.42 Å². The molecule has 7 nitrogen and oxygen atoms in total. The molecule has 0 unspecified atom stereocenters. The Bertz CT molecular complexity index is 1280. The minimum atomic E-state index is -0.439. The Labute approximate surface area is 172 Å². The van der Waals surface area contributed by atoms with E-state index in [0.717, 1.165) is 14.6 Å². The van der Waals surface area contributed by atoms with Crippen LogP contribution in [0.5, 0.6) is 0 Å². The average molecular weight is 459 g/mol. The molecule has 4 rings (SSSR count). The van der Waals surface area contributed by atoms with Crippen LogP contribution in [0.25, 0.3) is 22.6 Å². The van der Waals surface area contributed by atoms with Crippen LogP contribution in [0, 0.1) is 0 Å².